The van der Waals surface area contributed by atoms with Gasteiger partial charge in [0.05, 0.1) is 29.0 Å². The molecule has 0 atom stereocenters. The highest BCUT2D eigenvalue weighted by molar-refractivity contribution is 6.36. The van der Waals surface area contributed by atoms with Gasteiger partial charge < -0.3 is 9.47 Å². The zero-order chi connectivity index (χ0) is 24.8. The summed E-state index contributed by atoms with van der Waals surface area (Å²) in [5.41, 5.74) is 3.58. The Morgan fingerprint density at radius 3 is 2.49 bits per heavy atom. The van der Waals surface area contributed by atoms with Crippen molar-refractivity contribution in [3.05, 3.63) is 106 Å². The van der Waals surface area contributed by atoms with Gasteiger partial charge in [0.25, 0.3) is 5.91 Å². The minimum atomic E-state index is -0.532. The van der Waals surface area contributed by atoms with Gasteiger partial charge in [0.15, 0.2) is 0 Å². The van der Waals surface area contributed by atoms with Gasteiger partial charge >= 0.3 is 5.97 Å². The van der Waals surface area contributed by atoms with Crippen LogP contribution in [-0.4, -0.2) is 24.7 Å². The lowest BCUT2D eigenvalue weighted by Crippen LogP contribution is -2.18. The zero-order valence-corrected chi connectivity index (χ0v) is 20.1. The lowest BCUT2D eigenvalue weighted by atomic mass is 10.0. The Hall–Kier alpha value is -3.87. The number of amides is 1. The molecule has 0 unspecified atom stereocenters. The topological polar surface area (TPSA) is 77.0 Å². The molecule has 1 amide bonds. The van der Waals surface area contributed by atoms with Crippen LogP contribution >= 0.6 is 23.2 Å². The highest BCUT2D eigenvalue weighted by Gasteiger charge is 2.14. The summed E-state index contributed by atoms with van der Waals surface area (Å²) >= 11 is 12.0. The third kappa shape index (κ3) is 5.80. The quantitative estimate of drug-likeness (QED) is 0.134. The number of carbonyl (C=O) groups is 2. The predicted molar refractivity (Wildman–Crippen MR) is 138 cm³/mol. The number of hydrogen-bond donors (Lipinski definition) is 1. The van der Waals surface area contributed by atoms with E-state index in [1.807, 2.05) is 37.3 Å². The van der Waals surface area contributed by atoms with Crippen LogP contribution in [-0.2, 0) is 0 Å². The Balaban J connectivity index is 1.60. The summed E-state index contributed by atoms with van der Waals surface area (Å²) in [6.45, 7) is 2.42. The average molecular weight is 507 g/mol. The normalized spacial score (nSPS) is 10.9. The minimum Gasteiger partial charge on any atom is -0.494 e. The van der Waals surface area contributed by atoms with Crippen molar-refractivity contribution in [2.75, 3.05) is 6.61 Å². The van der Waals surface area contributed by atoms with Crippen molar-refractivity contribution in [1.82, 2.24) is 5.43 Å². The number of halogens is 2. The number of rotatable bonds is 7. The Labute approximate surface area is 212 Å². The van der Waals surface area contributed by atoms with Crippen molar-refractivity contribution >= 4 is 52.1 Å². The van der Waals surface area contributed by atoms with Gasteiger partial charge in [0.2, 0.25) is 0 Å². The van der Waals surface area contributed by atoms with Crippen LogP contribution in [0.2, 0.25) is 10.0 Å². The molecule has 0 aliphatic rings. The van der Waals surface area contributed by atoms with Gasteiger partial charge in [-0.05, 0) is 66.2 Å². The van der Waals surface area contributed by atoms with Gasteiger partial charge in [-0.15, -0.1) is 0 Å². The van der Waals surface area contributed by atoms with Crippen molar-refractivity contribution in [3.8, 4) is 11.5 Å². The summed E-state index contributed by atoms with van der Waals surface area (Å²) in [7, 11) is 0. The lowest BCUT2D eigenvalue weighted by molar-refractivity contribution is 0.0734. The summed E-state index contributed by atoms with van der Waals surface area (Å²) in [6, 6.07) is 22.4. The number of esters is 1. The first-order valence-electron chi connectivity index (χ1n) is 10.7. The van der Waals surface area contributed by atoms with E-state index >= 15 is 0 Å². The van der Waals surface area contributed by atoms with Crippen molar-refractivity contribution in [3.63, 3.8) is 0 Å². The summed E-state index contributed by atoms with van der Waals surface area (Å²) in [5.74, 6) is -0.0738. The number of hydrazone groups is 1. The van der Waals surface area contributed by atoms with Gasteiger partial charge in [-0.25, -0.2) is 10.2 Å². The van der Waals surface area contributed by atoms with E-state index in [0.717, 1.165) is 10.8 Å². The second kappa shape index (κ2) is 11.0. The zero-order valence-electron chi connectivity index (χ0n) is 18.6. The molecule has 0 saturated carbocycles. The van der Waals surface area contributed by atoms with E-state index in [-0.39, 0.29) is 10.6 Å². The van der Waals surface area contributed by atoms with Gasteiger partial charge in [0, 0.05) is 10.6 Å². The smallest absolute Gasteiger partial charge is 0.343 e. The number of hydrogen-bond acceptors (Lipinski definition) is 5. The first-order valence-corrected chi connectivity index (χ1v) is 11.5. The molecule has 4 aromatic rings. The van der Waals surface area contributed by atoms with E-state index in [1.165, 1.54) is 18.3 Å². The Morgan fingerprint density at radius 1 is 0.971 bits per heavy atom. The van der Waals surface area contributed by atoms with Crippen LogP contribution in [0.3, 0.4) is 0 Å². The molecule has 0 heterocycles. The largest absolute Gasteiger partial charge is 0.494 e. The fraction of sp³-hybridized carbons (Fsp3) is 0.0741. The molecule has 6 nitrogen and oxygen atoms in total. The van der Waals surface area contributed by atoms with E-state index in [9.17, 15) is 9.59 Å². The maximum Gasteiger partial charge on any atom is 0.343 e. The summed E-state index contributed by atoms with van der Waals surface area (Å²) in [6.07, 6.45) is 1.44. The first-order chi connectivity index (χ1) is 17.0. The second-order valence-corrected chi connectivity index (χ2v) is 8.21. The van der Waals surface area contributed by atoms with E-state index in [2.05, 4.69) is 10.5 Å². The maximum atomic E-state index is 12.8. The molecule has 4 aromatic carbocycles. The summed E-state index contributed by atoms with van der Waals surface area (Å²) in [5, 5.41) is 6.43. The maximum absolute atomic E-state index is 12.8. The van der Waals surface area contributed by atoms with Crippen LogP contribution in [0, 0.1) is 0 Å². The van der Waals surface area contributed by atoms with Crippen molar-refractivity contribution in [2.45, 2.75) is 6.92 Å². The average Bonchev–Trinajstić information content (AvgIpc) is 2.85. The fourth-order valence-electron chi connectivity index (χ4n) is 3.40. The van der Waals surface area contributed by atoms with Crippen LogP contribution in [0.15, 0.2) is 84.0 Å². The third-order valence-corrected chi connectivity index (χ3v) is 5.62. The standard InChI is InChI=1S/C27H20Cl2N2O4/c1-2-34-20-11-7-18(8-12-20)27(33)35-25-14-9-17-5-3-4-6-21(17)23(25)16-30-31-26(32)22-13-10-19(28)15-24(22)29/h3-16H,2H2,1H3,(H,31,32)/b30-16+. The number of ether oxygens (including phenoxy) is 2. The number of benzene rings is 4. The monoisotopic (exact) mass is 506 g/mol. The van der Waals surface area contributed by atoms with Crippen molar-refractivity contribution in [1.29, 1.82) is 0 Å². The molecular formula is C27H20Cl2N2O4. The van der Waals surface area contributed by atoms with Gasteiger partial charge in [0.1, 0.15) is 11.5 Å². The van der Waals surface area contributed by atoms with Crippen molar-refractivity contribution in [2.24, 2.45) is 5.10 Å². The molecule has 4 rings (SSSR count). The predicted octanol–water partition coefficient (Wildman–Crippen LogP) is 6.53. The van der Waals surface area contributed by atoms with Gasteiger partial charge in [-0.3, -0.25) is 4.79 Å². The number of nitrogens with zero attached hydrogens (tertiary/aromatic N) is 1. The third-order valence-electron chi connectivity index (χ3n) is 5.07. The van der Waals surface area contributed by atoms with Gasteiger partial charge in [-0.1, -0.05) is 53.5 Å². The fourth-order valence-corrected chi connectivity index (χ4v) is 3.89. The van der Waals surface area contributed by atoms with Gasteiger partial charge in [-0.2, -0.15) is 5.10 Å². The van der Waals surface area contributed by atoms with Crippen LogP contribution in [0.1, 0.15) is 33.2 Å². The first kappa shape index (κ1) is 24.3. The van der Waals surface area contributed by atoms with E-state index < -0.39 is 11.9 Å². The molecule has 0 aromatic heterocycles. The molecule has 0 aliphatic carbocycles. The Bertz CT molecular complexity index is 1420. The SMILES string of the molecule is CCOc1ccc(C(=O)Oc2ccc3ccccc3c2/C=N/NC(=O)c2ccc(Cl)cc2Cl)cc1. The highest BCUT2D eigenvalue weighted by Crippen LogP contribution is 2.28. The summed E-state index contributed by atoms with van der Waals surface area (Å²) < 4.78 is 11.1. The number of nitrogens with one attached hydrogen (secondary N) is 1. The van der Waals surface area contributed by atoms with Crippen molar-refractivity contribution < 1.29 is 19.1 Å². The molecule has 0 saturated heterocycles. The molecule has 0 spiro atoms. The van der Waals surface area contributed by atoms with Crippen LogP contribution in [0.5, 0.6) is 11.5 Å². The molecule has 0 aliphatic heterocycles. The lowest BCUT2D eigenvalue weighted by Gasteiger charge is -2.11. The molecule has 35 heavy (non-hydrogen) atoms. The summed E-state index contributed by atoms with van der Waals surface area (Å²) in [4.78, 5) is 25.3. The van der Waals surface area contributed by atoms with E-state index in [1.54, 1.807) is 36.4 Å². The minimum absolute atomic E-state index is 0.209. The second-order valence-electron chi connectivity index (χ2n) is 7.37. The molecule has 1 N–H and O–H groups in total. The van der Waals surface area contributed by atoms with E-state index in [4.69, 9.17) is 32.7 Å². The molecule has 0 fully saturated rings. The number of fused-ring (bicyclic) bond motifs is 1. The molecule has 0 bridgehead atoms. The number of carbonyl (C=O) groups excluding carboxylic acids is 2. The molecule has 8 heteroatoms. The van der Waals surface area contributed by atoms with Crippen LogP contribution in [0.25, 0.3) is 10.8 Å². The van der Waals surface area contributed by atoms with Crippen LogP contribution in [0.4, 0.5) is 0 Å². The van der Waals surface area contributed by atoms with E-state index in [0.29, 0.717) is 34.3 Å². The molecule has 176 valence electrons. The Kier molecular flexibility index (Phi) is 7.65. The highest BCUT2D eigenvalue weighted by atomic mass is 35.5. The molecule has 0 radical (unpaired) electrons. The molecular weight excluding hydrogens is 487 g/mol. The van der Waals surface area contributed by atoms with Crippen LogP contribution < -0.4 is 14.9 Å². The Morgan fingerprint density at radius 2 is 1.74 bits per heavy atom.